The Balaban J connectivity index is 1.18. The summed E-state index contributed by atoms with van der Waals surface area (Å²) in [5, 5.41) is 1.77. The van der Waals surface area contributed by atoms with E-state index in [0.29, 0.717) is 0 Å². The van der Waals surface area contributed by atoms with E-state index in [-0.39, 0.29) is 0 Å². The van der Waals surface area contributed by atoms with Crippen molar-refractivity contribution in [3.63, 3.8) is 0 Å². The molecule has 6 atom stereocenters. The lowest BCUT2D eigenvalue weighted by molar-refractivity contribution is 0.270. The minimum absolute atomic E-state index is 0.855. The van der Waals surface area contributed by atoms with Crippen molar-refractivity contribution in [1.82, 2.24) is 0 Å². The summed E-state index contributed by atoms with van der Waals surface area (Å²) in [5.74, 6) is 7.99. The second-order valence-corrected chi connectivity index (χ2v) is 12.4. The molecule has 0 aromatic heterocycles. The summed E-state index contributed by atoms with van der Waals surface area (Å²) >= 11 is 13.6. The largest absolute Gasteiger partial charge is 0.175 e. The van der Waals surface area contributed by atoms with Crippen LogP contribution in [0.1, 0.15) is 47.9 Å². The molecular formula is C26H32S4. The highest BCUT2D eigenvalue weighted by Crippen LogP contribution is 2.63. The SMILES string of the molecule is SCc1ccccc1CSC1CC2CC1C1CCC(SCc3ccccc3CS)C21. The van der Waals surface area contributed by atoms with Gasteiger partial charge in [0, 0.05) is 33.5 Å². The Bertz CT molecular complexity index is 866. The molecule has 2 bridgehead atoms. The van der Waals surface area contributed by atoms with Gasteiger partial charge in [-0.15, -0.1) is 0 Å². The summed E-state index contributed by atoms with van der Waals surface area (Å²) < 4.78 is 0. The first-order valence-corrected chi connectivity index (χ1v) is 14.7. The molecule has 4 heteroatoms. The monoisotopic (exact) mass is 472 g/mol. The van der Waals surface area contributed by atoms with Crippen molar-refractivity contribution in [2.75, 3.05) is 0 Å². The fraction of sp³-hybridized carbons (Fsp3) is 0.538. The van der Waals surface area contributed by atoms with Crippen molar-refractivity contribution >= 4 is 48.8 Å². The predicted octanol–water partition coefficient (Wildman–Crippen LogP) is 7.52. The number of hydrogen-bond donors (Lipinski definition) is 2. The molecule has 6 unspecified atom stereocenters. The van der Waals surface area contributed by atoms with E-state index < -0.39 is 0 Å². The summed E-state index contributed by atoms with van der Waals surface area (Å²) in [6.45, 7) is 0. The number of thioether (sulfide) groups is 2. The van der Waals surface area contributed by atoms with Gasteiger partial charge in [-0.3, -0.25) is 0 Å². The van der Waals surface area contributed by atoms with Crippen molar-refractivity contribution < 1.29 is 0 Å². The number of hydrogen-bond acceptors (Lipinski definition) is 4. The first-order valence-electron chi connectivity index (χ1n) is 11.4. The lowest BCUT2D eigenvalue weighted by Gasteiger charge is -2.33. The highest BCUT2D eigenvalue weighted by atomic mass is 32.2. The van der Waals surface area contributed by atoms with Crippen molar-refractivity contribution in [2.45, 2.75) is 59.2 Å². The van der Waals surface area contributed by atoms with Crippen LogP contribution in [-0.2, 0) is 23.0 Å². The minimum atomic E-state index is 0.855. The first kappa shape index (κ1) is 21.7. The van der Waals surface area contributed by atoms with E-state index >= 15 is 0 Å². The quantitative estimate of drug-likeness (QED) is 0.381. The maximum atomic E-state index is 4.53. The van der Waals surface area contributed by atoms with E-state index in [1.165, 1.54) is 59.4 Å². The fourth-order valence-corrected chi connectivity index (χ4v) is 10.4. The van der Waals surface area contributed by atoms with E-state index in [1.807, 2.05) is 0 Å². The minimum Gasteiger partial charge on any atom is -0.175 e. The van der Waals surface area contributed by atoms with E-state index in [0.717, 1.165) is 45.7 Å². The third-order valence-corrected chi connectivity index (χ3v) is 11.5. The molecule has 5 rings (SSSR count). The highest BCUT2D eigenvalue weighted by molar-refractivity contribution is 7.99. The van der Waals surface area contributed by atoms with Gasteiger partial charge < -0.3 is 0 Å². The molecule has 3 aliphatic rings. The van der Waals surface area contributed by atoms with Crippen LogP contribution < -0.4 is 0 Å². The van der Waals surface area contributed by atoms with Gasteiger partial charge in [-0.2, -0.15) is 48.8 Å². The van der Waals surface area contributed by atoms with Gasteiger partial charge >= 0.3 is 0 Å². The Kier molecular flexibility index (Phi) is 7.06. The summed E-state index contributed by atoms with van der Waals surface area (Å²) in [5.41, 5.74) is 5.82. The summed E-state index contributed by atoms with van der Waals surface area (Å²) in [6.07, 6.45) is 5.88. The molecule has 0 N–H and O–H groups in total. The fourth-order valence-electron chi connectivity index (χ4n) is 6.49. The van der Waals surface area contributed by atoms with Gasteiger partial charge in [-0.05, 0) is 71.6 Å². The predicted molar refractivity (Wildman–Crippen MR) is 141 cm³/mol. The molecular weight excluding hydrogens is 441 g/mol. The highest BCUT2D eigenvalue weighted by Gasteiger charge is 2.57. The molecule has 160 valence electrons. The number of rotatable bonds is 8. The topological polar surface area (TPSA) is 0 Å². The number of thiol groups is 2. The lowest BCUT2D eigenvalue weighted by Crippen LogP contribution is -2.30. The van der Waals surface area contributed by atoms with E-state index in [4.69, 9.17) is 0 Å². The average molecular weight is 473 g/mol. The second kappa shape index (κ2) is 9.77. The zero-order valence-electron chi connectivity index (χ0n) is 17.5. The third-order valence-electron chi connectivity index (χ3n) is 7.87. The smallest absolute Gasteiger partial charge is 0.0190 e. The van der Waals surface area contributed by atoms with Gasteiger partial charge in [0.15, 0.2) is 0 Å². The Morgan fingerprint density at radius 3 is 1.83 bits per heavy atom. The lowest BCUT2D eigenvalue weighted by atomic mass is 9.81. The maximum Gasteiger partial charge on any atom is 0.0190 e. The molecule has 0 amide bonds. The third kappa shape index (κ3) is 4.23. The van der Waals surface area contributed by atoms with Crippen molar-refractivity contribution in [3.8, 4) is 0 Å². The van der Waals surface area contributed by atoms with Crippen LogP contribution in [0.5, 0.6) is 0 Å². The van der Waals surface area contributed by atoms with Crippen LogP contribution in [-0.4, -0.2) is 10.5 Å². The molecule has 0 aliphatic heterocycles. The summed E-state index contributed by atoms with van der Waals surface area (Å²) in [7, 11) is 0. The summed E-state index contributed by atoms with van der Waals surface area (Å²) in [4.78, 5) is 0. The van der Waals surface area contributed by atoms with Crippen LogP contribution in [0.3, 0.4) is 0 Å². The Morgan fingerprint density at radius 2 is 1.23 bits per heavy atom. The van der Waals surface area contributed by atoms with Crippen LogP contribution in [0.15, 0.2) is 48.5 Å². The Hall–Kier alpha value is -0.160. The normalized spacial score (nSPS) is 31.9. The average Bonchev–Trinajstić information content (AvgIpc) is 3.49. The van der Waals surface area contributed by atoms with Gasteiger partial charge in [0.05, 0.1) is 0 Å². The molecule has 0 heterocycles. The van der Waals surface area contributed by atoms with E-state index in [9.17, 15) is 0 Å². The van der Waals surface area contributed by atoms with Crippen LogP contribution in [0.4, 0.5) is 0 Å². The van der Waals surface area contributed by atoms with Crippen LogP contribution in [0, 0.1) is 23.7 Å². The molecule has 0 spiro atoms. The van der Waals surface area contributed by atoms with E-state index in [1.54, 1.807) is 0 Å². The van der Waals surface area contributed by atoms with Gasteiger partial charge in [-0.1, -0.05) is 48.5 Å². The standard InChI is InChI=1S/C26H32S4/c27-13-17-5-1-3-7-19(17)15-29-24-10-9-22-23-11-21(26(22)24)12-25(23)30-16-20-8-4-2-6-18(20)14-28/h1-8,21-28H,9-16H2. The maximum absolute atomic E-state index is 4.53. The van der Waals surface area contributed by atoms with Gasteiger partial charge in [0.1, 0.15) is 0 Å². The Labute approximate surface area is 201 Å². The van der Waals surface area contributed by atoms with Crippen molar-refractivity contribution in [2.24, 2.45) is 23.7 Å². The molecule has 30 heavy (non-hydrogen) atoms. The molecule has 2 aromatic rings. The van der Waals surface area contributed by atoms with Crippen LogP contribution in [0.2, 0.25) is 0 Å². The zero-order chi connectivity index (χ0) is 20.5. The molecule has 0 saturated heterocycles. The second-order valence-electron chi connectivity index (χ2n) is 9.27. The molecule has 3 saturated carbocycles. The van der Waals surface area contributed by atoms with Gasteiger partial charge in [0.2, 0.25) is 0 Å². The van der Waals surface area contributed by atoms with Crippen molar-refractivity contribution in [1.29, 1.82) is 0 Å². The summed E-state index contributed by atoms with van der Waals surface area (Å²) in [6, 6.07) is 17.8. The molecule has 0 nitrogen and oxygen atoms in total. The van der Waals surface area contributed by atoms with E-state index in [2.05, 4.69) is 97.3 Å². The van der Waals surface area contributed by atoms with Gasteiger partial charge in [0.25, 0.3) is 0 Å². The van der Waals surface area contributed by atoms with Crippen LogP contribution >= 0.6 is 48.8 Å². The van der Waals surface area contributed by atoms with Crippen LogP contribution in [0.25, 0.3) is 0 Å². The Morgan fingerprint density at radius 1 is 0.667 bits per heavy atom. The molecule has 2 aromatic carbocycles. The number of benzene rings is 2. The zero-order valence-corrected chi connectivity index (χ0v) is 20.9. The number of fused-ring (bicyclic) bond motifs is 5. The molecule has 3 fully saturated rings. The molecule has 0 radical (unpaired) electrons. The van der Waals surface area contributed by atoms with Gasteiger partial charge in [-0.25, -0.2) is 0 Å². The first-order chi connectivity index (χ1) is 14.8. The molecule has 3 aliphatic carbocycles. The van der Waals surface area contributed by atoms with Crippen molar-refractivity contribution in [3.05, 3.63) is 70.8 Å².